The zero-order chi connectivity index (χ0) is 18.4. The minimum absolute atomic E-state index is 0.180. The summed E-state index contributed by atoms with van der Waals surface area (Å²) in [6, 6.07) is 12.5. The molecule has 0 spiro atoms. The largest absolute Gasteiger partial charge is 0.496 e. The summed E-state index contributed by atoms with van der Waals surface area (Å²) in [5.74, 6) is -0.230. The number of esters is 1. The van der Waals surface area contributed by atoms with Crippen LogP contribution in [0.5, 0.6) is 5.75 Å². The average Bonchev–Trinajstić information content (AvgIpc) is 2.65. The van der Waals surface area contributed by atoms with E-state index in [2.05, 4.69) is 5.32 Å². The van der Waals surface area contributed by atoms with Crippen molar-refractivity contribution < 1.29 is 19.1 Å². The van der Waals surface area contributed by atoms with Gasteiger partial charge in [0.25, 0.3) is 5.91 Å². The minimum atomic E-state index is -0.482. The van der Waals surface area contributed by atoms with Gasteiger partial charge in [-0.1, -0.05) is 6.07 Å². The molecule has 0 aliphatic heterocycles. The standard InChI is InChI=1S/C19H22N2O4/c1-21(2)15-8-6-14(7-9-15)18(22)20-12-13-5-10-17(24-3)16(11-13)19(23)25-4/h5-11H,12H2,1-4H3,(H,20,22). The number of benzene rings is 2. The van der Waals surface area contributed by atoms with E-state index in [0.717, 1.165) is 11.3 Å². The van der Waals surface area contributed by atoms with Crippen LogP contribution in [-0.2, 0) is 11.3 Å². The number of nitrogens with one attached hydrogen (secondary N) is 1. The van der Waals surface area contributed by atoms with Gasteiger partial charge in [-0.05, 0) is 42.0 Å². The number of amides is 1. The fraction of sp³-hybridized carbons (Fsp3) is 0.263. The molecule has 0 aliphatic rings. The lowest BCUT2D eigenvalue weighted by molar-refractivity contribution is 0.0597. The van der Waals surface area contributed by atoms with E-state index >= 15 is 0 Å². The fourth-order valence-corrected chi connectivity index (χ4v) is 2.33. The van der Waals surface area contributed by atoms with Gasteiger partial charge in [-0.3, -0.25) is 4.79 Å². The molecule has 0 fully saturated rings. The van der Waals surface area contributed by atoms with Crippen molar-refractivity contribution in [3.8, 4) is 5.75 Å². The molecule has 0 bridgehead atoms. The molecule has 0 saturated heterocycles. The normalized spacial score (nSPS) is 10.1. The molecule has 2 rings (SSSR count). The second kappa shape index (κ2) is 8.19. The van der Waals surface area contributed by atoms with Gasteiger partial charge in [-0.25, -0.2) is 4.79 Å². The molecule has 2 aromatic carbocycles. The first-order chi connectivity index (χ1) is 12.0. The SMILES string of the molecule is COC(=O)c1cc(CNC(=O)c2ccc(N(C)C)cc2)ccc1OC. The number of anilines is 1. The van der Waals surface area contributed by atoms with Crippen LogP contribution in [0, 0.1) is 0 Å². The molecule has 0 unspecified atom stereocenters. The summed E-state index contributed by atoms with van der Waals surface area (Å²) in [6.45, 7) is 0.294. The molecule has 0 saturated carbocycles. The van der Waals surface area contributed by atoms with Gasteiger partial charge in [0.05, 0.1) is 14.2 Å². The quantitative estimate of drug-likeness (QED) is 0.817. The van der Waals surface area contributed by atoms with Crippen molar-refractivity contribution in [3.63, 3.8) is 0 Å². The third-order valence-electron chi connectivity index (χ3n) is 3.77. The van der Waals surface area contributed by atoms with Crippen molar-refractivity contribution in [2.24, 2.45) is 0 Å². The number of rotatable bonds is 6. The second-order valence-electron chi connectivity index (χ2n) is 5.65. The van der Waals surface area contributed by atoms with E-state index in [0.29, 0.717) is 23.4 Å². The highest BCUT2D eigenvalue weighted by Gasteiger charge is 2.14. The first kappa shape index (κ1) is 18.3. The fourth-order valence-electron chi connectivity index (χ4n) is 2.33. The topological polar surface area (TPSA) is 67.9 Å². The Bertz CT molecular complexity index is 755. The number of ether oxygens (including phenoxy) is 2. The lowest BCUT2D eigenvalue weighted by Crippen LogP contribution is -2.23. The Hall–Kier alpha value is -3.02. The van der Waals surface area contributed by atoms with Crippen LogP contribution >= 0.6 is 0 Å². The van der Waals surface area contributed by atoms with Crippen molar-refractivity contribution in [3.05, 3.63) is 59.2 Å². The number of nitrogens with zero attached hydrogens (tertiary/aromatic N) is 1. The summed E-state index contributed by atoms with van der Waals surface area (Å²) < 4.78 is 9.91. The molecule has 2 aromatic rings. The van der Waals surface area contributed by atoms with E-state index in [1.165, 1.54) is 14.2 Å². The van der Waals surface area contributed by atoms with Crippen LogP contribution in [0.3, 0.4) is 0 Å². The third-order valence-corrected chi connectivity index (χ3v) is 3.77. The van der Waals surface area contributed by atoms with E-state index in [4.69, 9.17) is 9.47 Å². The van der Waals surface area contributed by atoms with Crippen LogP contribution in [-0.4, -0.2) is 40.2 Å². The predicted molar refractivity (Wildman–Crippen MR) is 96.3 cm³/mol. The molecule has 25 heavy (non-hydrogen) atoms. The van der Waals surface area contributed by atoms with Gasteiger partial charge in [0.1, 0.15) is 11.3 Å². The Balaban J connectivity index is 2.07. The monoisotopic (exact) mass is 342 g/mol. The van der Waals surface area contributed by atoms with Crippen molar-refractivity contribution in [2.45, 2.75) is 6.54 Å². The van der Waals surface area contributed by atoms with E-state index in [1.54, 1.807) is 30.3 Å². The maximum absolute atomic E-state index is 12.3. The summed E-state index contributed by atoms with van der Waals surface area (Å²) in [7, 11) is 6.68. The third kappa shape index (κ3) is 4.50. The van der Waals surface area contributed by atoms with Gasteiger partial charge in [0.2, 0.25) is 0 Å². The van der Waals surface area contributed by atoms with E-state index in [-0.39, 0.29) is 5.91 Å². The Morgan fingerprint density at radius 3 is 2.28 bits per heavy atom. The molecule has 1 N–H and O–H groups in total. The molecule has 132 valence electrons. The zero-order valence-corrected chi connectivity index (χ0v) is 14.8. The molecule has 0 atom stereocenters. The highest BCUT2D eigenvalue weighted by molar-refractivity contribution is 5.95. The number of carbonyl (C=O) groups excluding carboxylic acids is 2. The van der Waals surface area contributed by atoms with Gasteiger partial charge < -0.3 is 19.7 Å². The highest BCUT2D eigenvalue weighted by atomic mass is 16.5. The lowest BCUT2D eigenvalue weighted by Gasteiger charge is -2.13. The summed E-state index contributed by atoms with van der Waals surface area (Å²) in [6.07, 6.45) is 0. The Morgan fingerprint density at radius 1 is 1.04 bits per heavy atom. The maximum atomic E-state index is 12.3. The van der Waals surface area contributed by atoms with Crippen molar-refractivity contribution in [1.29, 1.82) is 0 Å². The Kier molecular flexibility index (Phi) is 6.00. The van der Waals surface area contributed by atoms with Crippen molar-refractivity contribution in [1.82, 2.24) is 5.32 Å². The van der Waals surface area contributed by atoms with Gasteiger partial charge in [-0.2, -0.15) is 0 Å². The van der Waals surface area contributed by atoms with Crippen LogP contribution in [0.4, 0.5) is 5.69 Å². The number of hydrogen-bond donors (Lipinski definition) is 1. The first-order valence-electron chi connectivity index (χ1n) is 7.77. The molecule has 1 amide bonds. The van der Waals surface area contributed by atoms with E-state index in [1.807, 2.05) is 31.1 Å². The molecule has 6 heteroatoms. The highest BCUT2D eigenvalue weighted by Crippen LogP contribution is 2.21. The summed E-state index contributed by atoms with van der Waals surface area (Å²) >= 11 is 0. The van der Waals surface area contributed by atoms with Crippen LogP contribution in [0.2, 0.25) is 0 Å². The van der Waals surface area contributed by atoms with Crippen molar-refractivity contribution >= 4 is 17.6 Å². The average molecular weight is 342 g/mol. The van der Waals surface area contributed by atoms with Gasteiger partial charge >= 0.3 is 5.97 Å². The summed E-state index contributed by atoms with van der Waals surface area (Å²) in [4.78, 5) is 26.0. The van der Waals surface area contributed by atoms with E-state index < -0.39 is 5.97 Å². The van der Waals surface area contributed by atoms with Crippen LogP contribution in [0.25, 0.3) is 0 Å². The summed E-state index contributed by atoms with van der Waals surface area (Å²) in [5, 5.41) is 2.84. The van der Waals surface area contributed by atoms with Gasteiger partial charge in [-0.15, -0.1) is 0 Å². The smallest absolute Gasteiger partial charge is 0.341 e. The molecule has 0 aliphatic carbocycles. The van der Waals surface area contributed by atoms with Gasteiger partial charge in [0.15, 0.2) is 0 Å². The predicted octanol–water partition coefficient (Wildman–Crippen LogP) is 2.48. The zero-order valence-electron chi connectivity index (χ0n) is 14.8. The molecular formula is C19H22N2O4. The Morgan fingerprint density at radius 2 is 1.72 bits per heavy atom. The van der Waals surface area contributed by atoms with Crippen LogP contribution < -0.4 is 15.0 Å². The number of carbonyl (C=O) groups is 2. The molecular weight excluding hydrogens is 320 g/mol. The lowest BCUT2D eigenvalue weighted by atomic mass is 10.1. The first-order valence-corrected chi connectivity index (χ1v) is 7.77. The van der Waals surface area contributed by atoms with Crippen LogP contribution in [0.15, 0.2) is 42.5 Å². The molecule has 6 nitrogen and oxygen atoms in total. The maximum Gasteiger partial charge on any atom is 0.341 e. The second-order valence-corrected chi connectivity index (χ2v) is 5.65. The molecule has 0 radical (unpaired) electrons. The van der Waals surface area contributed by atoms with Crippen molar-refractivity contribution in [2.75, 3.05) is 33.2 Å². The molecule has 0 heterocycles. The number of methoxy groups -OCH3 is 2. The minimum Gasteiger partial charge on any atom is -0.496 e. The number of hydrogen-bond acceptors (Lipinski definition) is 5. The van der Waals surface area contributed by atoms with E-state index in [9.17, 15) is 9.59 Å². The van der Waals surface area contributed by atoms with Gasteiger partial charge in [0, 0.05) is 31.9 Å². The summed E-state index contributed by atoms with van der Waals surface area (Å²) in [5.41, 5.74) is 2.70. The van der Waals surface area contributed by atoms with Crippen LogP contribution in [0.1, 0.15) is 26.3 Å². The Labute approximate surface area is 147 Å². The molecule has 0 aromatic heterocycles.